The van der Waals surface area contributed by atoms with E-state index >= 15 is 0 Å². The van der Waals surface area contributed by atoms with E-state index in [9.17, 15) is 15.0 Å². The highest BCUT2D eigenvalue weighted by Gasteiger charge is 2.07. The molecule has 0 bridgehead atoms. The molecule has 0 radical (unpaired) electrons. The molecule has 0 aliphatic carbocycles. The quantitative estimate of drug-likeness (QED) is 0.419. The predicted octanol–water partition coefficient (Wildman–Crippen LogP) is 3.34. The van der Waals surface area contributed by atoms with Crippen LogP contribution in [0.15, 0.2) is 63.3 Å². The first-order valence-electron chi connectivity index (χ1n) is 7.55. The van der Waals surface area contributed by atoms with Crippen molar-refractivity contribution in [1.82, 2.24) is 9.97 Å². The van der Waals surface area contributed by atoms with Crippen LogP contribution in [0.5, 0.6) is 11.5 Å². The topological polar surface area (TPSA) is 114 Å². The van der Waals surface area contributed by atoms with Crippen LogP contribution < -0.4 is 5.56 Å². The minimum absolute atomic E-state index is 0.00600. The Morgan fingerprint density at radius 1 is 0.846 bits per heavy atom. The molecule has 0 saturated carbocycles. The minimum atomic E-state index is -0.523. The number of hydrogen-bond donors (Lipinski definition) is 4. The van der Waals surface area contributed by atoms with E-state index in [2.05, 4.69) is 20.0 Å². The van der Waals surface area contributed by atoms with Gasteiger partial charge in [-0.15, -0.1) is 0 Å². The third-order valence-corrected chi connectivity index (χ3v) is 3.64. The molecule has 7 nitrogen and oxygen atoms in total. The molecule has 130 valence electrons. The maximum atomic E-state index is 12.2. The van der Waals surface area contributed by atoms with Gasteiger partial charge in [0.05, 0.1) is 0 Å². The molecule has 4 N–H and O–H groups in total. The van der Waals surface area contributed by atoms with Gasteiger partial charge in [0.1, 0.15) is 11.5 Å². The molecule has 3 rings (SSSR count). The highest BCUT2D eigenvalue weighted by atomic mass is 32.1. The zero-order chi connectivity index (χ0) is 18.5. The van der Waals surface area contributed by atoms with Crippen molar-refractivity contribution < 1.29 is 10.2 Å². The molecule has 1 heterocycles. The van der Waals surface area contributed by atoms with E-state index in [1.807, 2.05) is 0 Å². The molecule has 0 unspecified atom stereocenters. The van der Waals surface area contributed by atoms with Crippen LogP contribution in [0.2, 0.25) is 0 Å². The van der Waals surface area contributed by atoms with Crippen LogP contribution in [0.1, 0.15) is 11.1 Å². The van der Waals surface area contributed by atoms with Crippen LogP contribution in [0.25, 0.3) is 0 Å². The van der Waals surface area contributed by atoms with Gasteiger partial charge < -0.3 is 15.2 Å². The molecule has 0 spiro atoms. The molecular weight excluding hydrogens is 352 g/mol. The van der Waals surface area contributed by atoms with Gasteiger partial charge in [-0.2, -0.15) is 0 Å². The number of aromatic hydroxyl groups is 2. The Balaban J connectivity index is 2.03. The SMILES string of the molecule is O=c1[nH]c(=S)[nH]c(/N=C/c2ccccc2O)c1N=Cc1ccccc1O. The van der Waals surface area contributed by atoms with Gasteiger partial charge in [-0.3, -0.25) is 9.78 Å². The Bertz CT molecular complexity index is 1120. The maximum Gasteiger partial charge on any atom is 0.279 e. The zero-order valence-corrected chi connectivity index (χ0v) is 14.2. The third-order valence-electron chi connectivity index (χ3n) is 3.44. The van der Waals surface area contributed by atoms with Gasteiger partial charge >= 0.3 is 0 Å². The van der Waals surface area contributed by atoms with E-state index in [0.29, 0.717) is 11.1 Å². The number of aromatic nitrogens is 2. The second kappa shape index (κ2) is 7.58. The number of para-hydroxylation sites is 2. The van der Waals surface area contributed by atoms with Crippen molar-refractivity contribution >= 4 is 36.2 Å². The number of nitrogens with zero attached hydrogens (tertiary/aromatic N) is 2. The van der Waals surface area contributed by atoms with E-state index in [4.69, 9.17) is 12.2 Å². The van der Waals surface area contributed by atoms with Crippen molar-refractivity contribution in [3.05, 3.63) is 74.8 Å². The lowest BCUT2D eigenvalue weighted by Gasteiger charge is -2.01. The average molecular weight is 366 g/mol. The van der Waals surface area contributed by atoms with Crippen molar-refractivity contribution in [2.45, 2.75) is 0 Å². The minimum Gasteiger partial charge on any atom is -0.507 e. The van der Waals surface area contributed by atoms with Crippen molar-refractivity contribution in [3.8, 4) is 11.5 Å². The molecule has 2 aromatic carbocycles. The molecule has 0 aliphatic rings. The molecule has 0 fully saturated rings. The number of aromatic amines is 2. The Morgan fingerprint density at radius 2 is 1.38 bits per heavy atom. The Hall–Kier alpha value is -3.52. The number of nitrogens with one attached hydrogen (secondary N) is 2. The van der Waals surface area contributed by atoms with Gasteiger partial charge in [-0.1, -0.05) is 24.3 Å². The first-order chi connectivity index (χ1) is 12.5. The van der Waals surface area contributed by atoms with Crippen LogP contribution in [-0.4, -0.2) is 32.6 Å². The molecule has 3 aromatic rings. The van der Waals surface area contributed by atoms with Gasteiger partial charge in [-0.05, 0) is 36.5 Å². The summed E-state index contributed by atoms with van der Waals surface area (Å²) in [5.41, 5.74) is 0.395. The third kappa shape index (κ3) is 3.93. The number of aliphatic imine (C=N–C) groups is 2. The number of hydrogen-bond acceptors (Lipinski definition) is 6. The van der Waals surface area contributed by atoms with E-state index in [1.165, 1.54) is 24.6 Å². The lowest BCUT2D eigenvalue weighted by atomic mass is 10.2. The lowest BCUT2D eigenvalue weighted by Crippen LogP contribution is -2.07. The van der Waals surface area contributed by atoms with E-state index < -0.39 is 5.56 Å². The first kappa shape index (κ1) is 17.3. The van der Waals surface area contributed by atoms with Crippen LogP contribution in [0.3, 0.4) is 0 Å². The standard InChI is InChI=1S/C18H14N4O3S/c23-13-7-3-1-5-11(13)9-19-15-16(21-18(26)22-17(15)25)20-10-12-6-2-4-8-14(12)24/h1-10,23-24H,(H2,21,22,25,26)/b19-9?,20-10+. The molecule has 0 atom stereocenters. The summed E-state index contributed by atoms with van der Waals surface area (Å²) < 4.78 is 0.0981. The summed E-state index contributed by atoms with van der Waals surface area (Å²) in [6, 6.07) is 13.2. The fourth-order valence-corrected chi connectivity index (χ4v) is 2.33. The van der Waals surface area contributed by atoms with Crippen molar-refractivity contribution in [3.63, 3.8) is 0 Å². The maximum absolute atomic E-state index is 12.2. The fraction of sp³-hybridized carbons (Fsp3) is 0. The summed E-state index contributed by atoms with van der Waals surface area (Å²) in [5, 5.41) is 19.6. The van der Waals surface area contributed by atoms with Gasteiger partial charge in [0, 0.05) is 23.6 Å². The van der Waals surface area contributed by atoms with Crippen LogP contribution in [0, 0.1) is 4.77 Å². The smallest absolute Gasteiger partial charge is 0.279 e. The summed E-state index contributed by atoms with van der Waals surface area (Å²) >= 11 is 4.98. The van der Waals surface area contributed by atoms with Gasteiger partial charge in [-0.25, -0.2) is 9.98 Å². The van der Waals surface area contributed by atoms with E-state index in [-0.39, 0.29) is 27.8 Å². The van der Waals surface area contributed by atoms with Gasteiger partial charge in [0.2, 0.25) is 0 Å². The summed E-state index contributed by atoms with van der Waals surface area (Å²) in [6.45, 7) is 0. The second-order valence-corrected chi connectivity index (χ2v) is 5.65. The largest absolute Gasteiger partial charge is 0.507 e. The molecule has 0 saturated heterocycles. The molecule has 8 heteroatoms. The highest BCUT2D eigenvalue weighted by molar-refractivity contribution is 7.71. The van der Waals surface area contributed by atoms with Crippen LogP contribution in [-0.2, 0) is 0 Å². The van der Waals surface area contributed by atoms with E-state index in [0.717, 1.165) is 0 Å². The van der Waals surface area contributed by atoms with Crippen molar-refractivity contribution in [1.29, 1.82) is 0 Å². The Labute approximate surface area is 153 Å². The fourth-order valence-electron chi connectivity index (χ4n) is 2.14. The number of H-pyrrole nitrogens is 2. The molecule has 0 aliphatic heterocycles. The monoisotopic (exact) mass is 366 g/mol. The summed E-state index contributed by atoms with van der Waals surface area (Å²) in [4.78, 5) is 25.7. The molecule has 1 aromatic heterocycles. The van der Waals surface area contributed by atoms with Gasteiger partial charge in [0.15, 0.2) is 16.3 Å². The normalized spacial score (nSPS) is 11.4. The van der Waals surface area contributed by atoms with Crippen LogP contribution >= 0.6 is 12.2 Å². The lowest BCUT2D eigenvalue weighted by molar-refractivity contribution is 0.474. The summed E-state index contributed by atoms with van der Waals surface area (Å²) in [7, 11) is 0. The molecular formula is C18H14N4O3S. The number of phenolic OH excluding ortho intramolecular Hbond substituents is 2. The number of phenols is 2. The number of rotatable bonds is 4. The first-order valence-corrected chi connectivity index (χ1v) is 7.96. The number of benzene rings is 2. The van der Waals surface area contributed by atoms with Crippen molar-refractivity contribution in [2.75, 3.05) is 0 Å². The predicted molar refractivity (Wildman–Crippen MR) is 103 cm³/mol. The summed E-state index contributed by atoms with van der Waals surface area (Å²) in [6.07, 6.45) is 2.75. The average Bonchev–Trinajstić information content (AvgIpc) is 2.61. The zero-order valence-electron chi connectivity index (χ0n) is 13.4. The van der Waals surface area contributed by atoms with E-state index in [1.54, 1.807) is 36.4 Å². The molecule has 26 heavy (non-hydrogen) atoms. The molecule has 0 amide bonds. The Kier molecular flexibility index (Phi) is 5.04. The van der Waals surface area contributed by atoms with Crippen LogP contribution in [0.4, 0.5) is 11.5 Å². The van der Waals surface area contributed by atoms with Gasteiger partial charge in [0.25, 0.3) is 5.56 Å². The summed E-state index contributed by atoms with van der Waals surface area (Å²) in [5.74, 6) is 0.225. The second-order valence-electron chi connectivity index (χ2n) is 5.24. The highest BCUT2D eigenvalue weighted by Crippen LogP contribution is 2.22. The Morgan fingerprint density at radius 3 is 1.96 bits per heavy atom. The van der Waals surface area contributed by atoms with Crippen molar-refractivity contribution in [2.24, 2.45) is 9.98 Å².